The summed E-state index contributed by atoms with van der Waals surface area (Å²) in [5, 5.41) is 7.75. The highest BCUT2D eigenvalue weighted by Gasteiger charge is 2.15. The molecule has 3 heterocycles. The number of hydrogen-bond donors (Lipinski definition) is 1. The van der Waals surface area contributed by atoms with E-state index in [4.69, 9.17) is 0 Å². The third kappa shape index (κ3) is 3.10. The van der Waals surface area contributed by atoms with Gasteiger partial charge in [-0.1, -0.05) is 6.92 Å². The monoisotopic (exact) mass is 273 g/mol. The van der Waals surface area contributed by atoms with Crippen molar-refractivity contribution in [2.75, 3.05) is 31.5 Å². The molecule has 1 aliphatic heterocycles. The molecule has 0 atom stereocenters. The van der Waals surface area contributed by atoms with Gasteiger partial charge < -0.3 is 10.2 Å². The second kappa shape index (κ2) is 5.79. The van der Waals surface area contributed by atoms with Crippen LogP contribution >= 0.6 is 0 Å². The molecule has 0 radical (unpaired) electrons. The summed E-state index contributed by atoms with van der Waals surface area (Å²) in [7, 11) is 0. The maximum atomic E-state index is 4.49. The highest BCUT2D eigenvalue weighted by Crippen LogP contribution is 2.15. The van der Waals surface area contributed by atoms with Crippen molar-refractivity contribution >= 4 is 11.6 Å². The number of pyridine rings is 1. The molecule has 0 amide bonds. The molecular formula is C15H23N5. The summed E-state index contributed by atoms with van der Waals surface area (Å²) in [5.74, 6) is 1.61. The van der Waals surface area contributed by atoms with Crippen molar-refractivity contribution in [1.82, 2.24) is 19.5 Å². The van der Waals surface area contributed by atoms with E-state index >= 15 is 0 Å². The number of aryl methyl sites for hydroxylation is 1. The molecule has 2 aromatic heterocycles. The molecule has 1 N–H and O–H groups in total. The minimum absolute atomic E-state index is 0.723. The average molecular weight is 273 g/mol. The molecule has 3 rings (SSSR count). The van der Waals surface area contributed by atoms with Gasteiger partial charge in [0.15, 0.2) is 5.65 Å². The summed E-state index contributed by atoms with van der Waals surface area (Å²) in [6, 6.07) is 4.09. The van der Waals surface area contributed by atoms with Crippen molar-refractivity contribution in [3.63, 3.8) is 0 Å². The summed E-state index contributed by atoms with van der Waals surface area (Å²) in [5.41, 5.74) is 2.11. The third-order valence-electron chi connectivity index (χ3n) is 4.08. The molecule has 0 saturated carbocycles. The van der Waals surface area contributed by atoms with E-state index in [9.17, 15) is 0 Å². The maximum Gasteiger partial charge on any atom is 0.243 e. The first-order valence-electron chi connectivity index (χ1n) is 7.50. The normalized spacial score (nSPS) is 17.7. The van der Waals surface area contributed by atoms with Crippen LogP contribution in [0.4, 0.5) is 5.95 Å². The number of likely N-dealkylation sites (tertiary alicyclic amines) is 1. The Balaban J connectivity index is 1.52. The number of piperidine rings is 1. The summed E-state index contributed by atoms with van der Waals surface area (Å²) in [6.07, 6.45) is 4.60. The van der Waals surface area contributed by atoms with Crippen LogP contribution in [-0.2, 0) is 0 Å². The van der Waals surface area contributed by atoms with E-state index in [-0.39, 0.29) is 0 Å². The van der Waals surface area contributed by atoms with Crippen LogP contribution in [0.3, 0.4) is 0 Å². The zero-order valence-electron chi connectivity index (χ0n) is 12.3. The smallest absolute Gasteiger partial charge is 0.243 e. The molecule has 0 spiro atoms. The Bertz CT molecular complexity index is 569. The molecule has 0 aliphatic carbocycles. The third-order valence-corrected chi connectivity index (χ3v) is 4.08. The lowest BCUT2D eigenvalue weighted by molar-refractivity contribution is 0.199. The van der Waals surface area contributed by atoms with Crippen LogP contribution in [0.25, 0.3) is 5.65 Å². The topological polar surface area (TPSA) is 45.5 Å². The zero-order chi connectivity index (χ0) is 13.9. The second-order valence-electron chi connectivity index (χ2n) is 5.89. The van der Waals surface area contributed by atoms with Gasteiger partial charge in [0.05, 0.1) is 0 Å². The average Bonchev–Trinajstić information content (AvgIpc) is 2.83. The Morgan fingerprint density at radius 3 is 2.95 bits per heavy atom. The van der Waals surface area contributed by atoms with Gasteiger partial charge in [0.25, 0.3) is 0 Å². The van der Waals surface area contributed by atoms with Gasteiger partial charge in [0.2, 0.25) is 5.95 Å². The molecule has 1 fully saturated rings. The van der Waals surface area contributed by atoms with Crippen LogP contribution < -0.4 is 5.32 Å². The summed E-state index contributed by atoms with van der Waals surface area (Å²) in [6.45, 7) is 8.84. The van der Waals surface area contributed by atoms with Gasteiger partial charge in [0, 0.05) is 19.3 Å². The molecule has 2 aromatic rings. The van der Waals surface area contributed by atoms with Crippen molar-refractivity contribution in [3.05, 3.63) is 23.9 Å². The molecule has 5 nitrogen and oxygen atoms in total. The molecule has 1 saturated heterocycles. The SMILES string of the molecule is Cc1ccn2nc(NCCN3CCC(C)CC3)nc2c1. The number of nitrogens with zero attached hydrogens (tertiary/aromatic N) is 4. The largest absolute Gasteiger partial charge is 0.352 e. The van der Waals surface area contributed by atoms with Gasteiger partial charge in [-0.05, 0) is 56.5 Å². The van der Waals surface area contributed by atoms with Gasteiger partial charge in [-0.25, -0.2) is 4.52 Å². The standard InChI is InChI=1S/C15H23N5/c1-12-3-7-19(8-4-12)10-6-16-15-17-14-11-13(2)5-9-20(14)18-15/h5,9,11-12H,3-4,6-8,10H2,1-2H3,(H,16,18). The number of hydrogen-bond acceptors (Lipinski definition) is 4. The molecule has 20 heavy (non-hydrogen) atoms. The molecule has 1 aliphatic rings. The fraction of sp³-hybridized carbons (Fsp3) is 0.600. The van der Waals surface area contributed by atoms with Gasteiger partial charge in [-0.15, -0.1) is 5.10 Å². The van der Waals surface area contributed by atoms with Crippen LogP contribution in [0, 0.1) is 12.8 Å². The van der Waals surface area contributed by atoms with Crippen LogP contribution in [0.2, 0.25) is 0 Å². The number of rotatable bonds is 4. The first-order valence-corrected chi connectivity index (χ1v) is 7.50. The summed E-state index contributed by atoms with van der Waals surface area (Å²) < 4.78 is 1.82. The van der Waals surface area contributed by atoms with Crippen molar-refractivity contribution in [1.29, 1.82) is 0 Å². The first-order chi connectivity index (χ1) is 9.70. The Labute approximate surface area is 120 Å². The minimum atomic E-state index is 0.723. The molecule has 0 bridgehead atoms. The van der Waals surface area contributed by atoms with Crippen molar-refractivity contribution < 1.29 is 0 Å². The van der Waals surface area contributed by atoms with Gasteiger partial charge >= 0.3 is 0 Å². The van der Waals surface area contributed by atoms with Crippen LogP contribution in [0.1, 0.15) is 25.3 Å². The highest BCUT2D eigenvalue weighted by atomic mass is 15.3. The predicted molar refractivity (Wildman–Crippen MR) is 81.1 cm³/mol. The van der Waals surface area contributed by atoms with E-state index in [2.05, 4.69) is 34.1 Å². The van der Waals surface area contributed by atoms with Crippen molar-refractivity contribution in [3.8, 4) is 0 Å². The van der Waals surface area contributed by atoms with Gasteiger partial charge in [-0.3, -0.25) is 0 Å². The summed E-state index contributed by atoms with van der Waals surface area (Å²) in [4.78, 5) is 7.01. The first kappa shape index (κ1) is 13.4. The van der Waals surface area contributed by atoms with Gasteiger partial charge in [0.1, 0.15) is 0 Å². The van der Waals surface area contributed by atoms with Crippen molar-refractivity contribution in [2.45, 2.75) is 26.7 Å². The van der Waals surface area contributed by atoms with E-state index in [1.807, 2.05) is 22.8 Å². The van der Waals surface area contributed by atoms with Crippen LogP contribution in [0.15, 0.2) is 18.3 Å². The van der Waals surface area contributed by atoms with E-state index in [0.717, 1.165) is 30.6 Å². The minimum Gasteiger partial charge on any atom is -0.352 e. The Morgan fingerprint density at radius 2 is 2.15 bits per heavy atom. The van der Waals surface area contributed by atoms with Gasteiger partial charge in [-0.2, -0.15) is 4.98 Å². The Morgan fingerprint density at radius 1 is 1.35 bits per heavy atom. The molecule has 0 aromatic carbocycles. The lowest BCUT2D eigenvalue weighted by Gasteiger charge is -2.29. The van der Waals surface area contributed by atoms with E-state index in [1.54, 1.807) is 0 Å². The molecule has 0 unspecified atom stereocenters. The van der Waals surface area contributed by atoms with E-state index in [0.29, 0.717) is 0 Å². The zero-order valence-corrected chi connectivity index (χ0v) is 12.3. The van der Waals surface area contributed by atoms with Crippen LogP contribution in [0.5, 0.6) is 0 Å². The van der Waals surface area contributed by atoms with Crippen LogP contribution in [-0.4, -0.2) is 45.7 Å². The van der Waals surface area contributed by atoms with Crippen molar-refractivity contribution in [2.24, 2.45) is 5.92 Å². The number of fused-ring (bicyclic) bond motifs is 1. The second-order valence-corrected chi connectivity index (χ2v) is 5.89. The number of aromatic nitrogens is 3. The maximum absolute atomic E-state index is 4.49. The summed E-state index contributed by atoms with van der Waals surface area (Å²) >= 11 is 0. The van der Waals surface area contributed by atoms with E-state index in [1.165, 1.54) is 31.5 Å². The number of anilines is 1. The lowest BCUT2D eigenvalue weighted by atomic mass is 9.99. The number of nitrogens with one attached hydrogen (secondary N) is 1. The Kier molecular flexibility index (Phi) is 3.87. The predicted octanol–water partition coefficient (Wildman–Crippen LogP) is 2.18. The molecule has 108 valence electrons. The fourth-order valence-corrected chi connectivity index (χ4v) is 2.67. The Hall–Kier alpha value is -1.62. The molecular weight excluding hydrogens is 250 g/mol. The quantitative estimate of drug-likeness (QED) is 0.927. The highest BCUT2D eigenvalue weighted by molar-refractivity contribution is 5.45. The fourth-order valence-electron chi connectivity index (χ4n) is 2.67. The van der Waals surface area contributed by atoms with E-state index < -0.39 is 0 Å². The molecule has 5 heteroatoms. The lowest BCUT2D eigenvalue weighted by Crippen LogP contribution is -2.36.